The Bertz CT molecular complexity index is 832. The molecule has 1 saturated heterocycles. The van der Waals surface area contributed by atoms with Gasteiger partial charge in [0.2, 0.25) is 0 Å². The Kier molecular flexibility index (Phi) is 3.82. The summed E-state index contributed by atoms with van der Waals surface area (Å²) in [5, 5.41) is 16.1. The van der Waals surface area contributed by atoms with Crippen molar-refractivity contribution in [3.05, 3.63) is 46.0 Å². The second-order valence-corrected chi connectivity index (χ2v) is 6.65. The van der Waals surface area contributed by atoms with Crippen LogP contribution in [0.25, 0.3) is 0 Å². The SMILES string of the molecule is CCOc1ccc(C=NN2C(=O)[C@@H]3[C@H](C2=O)[C@H]2C=C[C@H]3C2)cc1[N+](=O)[O-]. The van der Waals surface area contributed by atoms with Crippen LogP contribution in [0.3, 0.4) is 0 Å². The van der Waals surface area contributed by atoms with Crippen molar-refractivity contribution >= 4 is 23.7 Å². The van der Waals surface area contributed by atoms with Crippen molar-refractivity contribution in [2.24, 2.45) is 28.8 Å². The Balaban J connectivity index is 1.57. The van der Waals surface area contributed by atoms with Gasteiger partial charge in [-0.05, 0) is 37.3 Å². The molecule has 8 heteroatoms. The highest BCUT2D eigenvalue weighted by molar-refractivity contribution is 6.06. The topological polar surface area (TPSA) is 102 Å². The van der Waals surface area contributed by atoms with E-state index < -0.39 is 4.92 Å². The normalized spacial score (nSPS) is 29.0. The van der Waals surface area contributed by atoms with Crippen molar-refractivity contribution in [3.63, 3.8) is 0 Å². The average Bonchev–Trinajstić information content (AvgIpc) is 3.29. The van der Waals surface area contributed by atoms with Crippen LogP contribution < -0.4 is 4.74 Å². The van der Waals surface area contributed by atoms with Gasteiger partial charge in [-0.1, -0.05) is 12.2 Å². The highest BCUT2D eigenvalue weighted by Gasteiger charge is 2.59. The van der Waals surface area contributed by atoms with E-state index in [2.05, 4.69) is 5.10 Å². The van der Waals surface area contributed by atoms with Crippen molar-refractivity contribution in [2.75, 3.05) is 6.61 Å². The number of carbonyl (C=O) groups excluding carboxylic acids is 2. The summed E-state index contributed by atoms with van der Waals surface area (Å²) in [5.74, 6) is -0.794. The quantitative estimate of drug-likeness (QED) is 0.265. The maximum atomic E-state index is 12.6. The summed E-state index contributed by atoms with van der Waals surface area (Å²) >= 11 is 0. The third kappa shape index (κ3) is 2.40. The lowest BCUT2D eigenvalue weighted by Gasteiger charge is -2.13. The van der Waals surface area contributed by atoms with Crippen LogP contribution in [0.15, 0.2) is 35.5 Å². The van der Waals surface area contributed by atoms with E-state index in [1.54, 1.807) is 13.0 Å². The number of fused-ring (bicyclic) bond motifs is 5. The number of benzene rings is 1. The average molecular weight is 355 g/mol. The van der Waals surface area contributed by atoms with Crippen LogP contribution in [0.1, 0.15) is 18.9 Å². The van der Waals surface area contributed by atoms with Crippen LogP contribution in [0.5, 0.6) is 5.75 Å². The molecule has 134 valence electrons. The lowest BCUT2D eigenvalue weighted by Crippen LogP contribution is -2.28. The Labute approximate surface area is 149 Å². The molecule has 0 N–H and O–H groups in total. The Morgan fingerprint density at radius 3 is 2.50 bits per heavy atom. The molecule has 8 nitrogen and oxygen atoms in total. The molecule has 4 rings (SSSR count). The van der Waals surface area contributed by atoms with Crippen molar-refractivity contribution in [1.82, 2.24) is 5.01 Å². The zero-order chi connectivity index (χ0) is 18.4. The van der Waals surface area contributed by atoms with Crippen molar-refractivity contribution in [2.45, 2.75) is 13.3 Å². The van der Waals surface area contributed by atoms with E-state index >= 15 is 0 Å². The summed E-state index contributed by atoms with van der Waals surface area (Å²) in [6.45, 7) is 2.05. The minimum Gasteiger partial charge on any atom is -0.487 e. The maximum Gasteiger partial charge on any atom is 0.311 e. The fraction of sp³-hybridized carbons (Fsp3) is 0.389. The van der Waals surface area contributed by atoms with Crippen LogP contribution in [0, 0.1) is 33.8 Å². The zero-order valence-electron chi connectivity index (χ0n) is 14.1. The largest absolute Gasteiger partial charge is 0.487 e. The van der Waals surface area contributed by atoms with Gasteiger partial charge in [0, 0.05) is 11.6 Å². The smallest absolute Gasteiger partial charge is 0.311 e. The summed E-state index contributed by atoms with van der Waals surface area (Å²) in [6.07, 6.45) is 6.18. The highest BCUT2D eigenvalue weighted by atomic mass is 16.6. The van der Waals surface area contributed by atoms with Gasteiger partial charge in [-0.25, -0.2) is 0 Å². The molecule has 0 unspecified atom stereocenters. The number of ether oxygens (including phenoxy) is 1. The highest BCUT2D eigenvalue weighted by Crippen LogP contribution is 2.52. The van der Waals surface area contributed by atoms with Crippen LogP contribution in [0.2, 0.25) is 0 Å². The number of allylic oxidation sites excluding steroid dienone is 2. The van der Waals surface area contributed by atoms with Gasteiger partial charge in [0.25, 0.3) is 11.8 Å². The fourth-order valence-corrected chi connectivity index (χ4v) is 4.16. The molecule has 1 aliphatic heterocycles. The number of amides is 2. The van der Waals surface area contributed by atoms with Crippen LogP contribution in [-0.2, 0) is 9.59 Å². The van der Waals surface area contributed by atoms with E-state index in [9.17, 15) is 19.7 Å². The van der Waals surface area contributed by atoms with Gasteiger partial charge in [-0.2, -0.15) is 10.1 Å². The molecule has 1 aromatic carbocycles. The lowest BCUT2D eigenvalue weighted by atomic mass is 9.85. The Morgan fingerprint density at radius 2 is 1.92 bits per heavy atom. The van der Waals surface area contributed by atoms with Gasteiger partial charge in [0.1, 0.15) is 0 Å². The zero-order valence-corrected chi connectivity index (χ0v) is 14.1. The van der Waals surface area contributed by atoms with Gasteiger partial charge in [-0.3, -0.25) is 19.7 Å². The summed E-state index contributed by atoms with van der Waals surface area (Å²) in [7, 11) is 0. The second kappa shape index (κ2) is 6.05. The third-order valence-corrected chi connectivity index (χ3v) is 5.25. The molecule has 2 aliphatic carbocycles. The minimum absolute atomic E-state index is 0.119. The second-order valence-electron chi connectivity index (χ2n) is 6.65. The molecule has 1 aromatic rings. The van der Waals surface area contributed by atoms with Gasteiger partial charge >= 0.3 is 5.69 Å². The molecule has 1 saturated carbocycles. The van der Waals surface area contributed by atoms with Crippen LogP contribution in [-0.4, -0.2) is 34.6 Å². The Hall–Kier alpha value is -3.03. The summed E-state index contributed by atoms with van der Waals surface area (Å²) in [5.41, 5.74) is 0.230. The molecule has 2 fully saturated rings. The van der Waals surface area contributed by atoms with Crippen LogP contribution in [0.4, 0.5) is 5.69 Å². The van der Waals surface area contributed by atoms with Crippen molar-refractivity contribution in [3.8, 4) is 5.75 Å². The standard InChI is InChI=1S/C18H17N3O5/c1-2-26-14-6-3-10(7-13(14)21(24)25)9-19-20-17(22)15-11-4-5-12(8-11)16(15)18(20)23/h3-7,9,11-12,15-16H,2,8H2,1H3/t11-,12-,15-,16+/m0/s1. The fourth-order valence-electron chi connectivity index (χ4n) is 4.16. The number of hydrazone groups is 1. The van der Waals surface area contributed by atoms with E-state index in [0.717, 1.165) is 11.4 Å². The number of nitrogens with zero attached hydrogens (tertiary/aromatic N) is 3. The van der Waals surface area contributed by atoms with Crippen molar-refractivity contribution in [1.29, 1.82) is 0 Å². The molecular formula is C18H17N3O5. The van der Waals surface area contributed by atoms with Gasteiger partial charge < -0.3 is 4.74 Å². The first-order valence-corrected chi connectivity index (χ1v) is 8.52. The first-order valence-electron chi connectivity index (χ1n) is 8.52. The maximum absolute atomic E-state index is 12.6. The van der Waals surface area contributed by atoms with Gasteiger partial charge in [0.15, 0.2) is 5.75 Å². The first kappa shape index (κ1) is 16.4. The number of rotatable bonds is 5. The Morgan fingerprint density at radius 1 is 1.27 bits per heavy atom. The number of carbonyl (C=O) groups is 2. The van der Waals surface area contributed by atoms with Crippen molar-refractivity contribution < 1.29 is 19.2 Å². The van der Waals surface area contributed by atoms with Gasteiger partial charge in [-0.15, -0.1) is 0 Å². The number of hydrogen-bond donors (Lipinski definition) is 0. The molecule has 2 amide bonds. The molecule has 0 spiro atoms. The molecule has 4 atom stereocenters. The number of hydrogen-bond acceptors (Lipinski definition) is 6. The van der Waals surface area contributed by atoms with E-state index in [1.165, 1.54) is 18.3 Å². The molecule has 2 bridgehead atoms. The first-order chi connectivity index (χ1) is 12.5. The molecule has 26 heavy (non-hydrogen) atoms. The molecule has 3 aliphatic rings. The summed E-state index contributed by atoms with van der Waals surface area (Å²) in [4.78, 5) is 35.7. The monoisotopic (exact) mass is 355 g/mol. The lowest BCUT2D eigenvalue weighted by molar-refractivity contribution is -0.385. The molecule has 0 aromatic heterocycles. The number of imide groups is 1. The van der Waals surface area contributed by atoms with E-state index in [-0.39, 0.29) is 46.9 Å². The number of nitro benzene ring substituents is 1. The number of nitro groups is 1. The predicted octanol–water partition coefficient (Wildman–Crippen LogP) is 2.13. The third-order valence-electron chi connectivity index (χ3n) is 5.25. The minimum atomic E-state index is -0.539. The molecule has 1 heterocycles. The van der Waals surface area contributed by atoms with E-state index in [4.69, 9.17) is 4.74 Å². The molecule has 0 radical (unpaired) electrons. The predicted molar refractivity (Wildman–Crippen MR) is 91.4 cm³/mol. The van der Waals surface area contributed by atoms with E-state index in [1.807, 2.05) is 12.2 Å². The van der Waals surface area contributed by atoms with Crippen LogP contribution >= 0.6 is 0 Å². The molecular weight excluding hydrogens is 338 g/mol. The summed E-state index contributed by atoms with van der Waals surface area (Å²) in [6, 6.07) is 4.39. The van der Waals surface area contributed by atoms with E-state index in [0.29, 0.717) is 12.2 Å². The summed E-state index contributed by atoms with van der Waals surface area (Å²) < 4.78 is 5.23. The van der Waals surface area contributed by atoms with Gasteiger partial charge in [0.05, 0.1) is 29.6 Å².